The van der Waals surface area contributed by atoms with E-state index in [1.807, 2.05) is 20.8 Å². The van der Waals surface area contributed by atoms with Gasteiger partial charge in [0, 0.05) is 13.2 Å². The predicted octanol–water partition coefficient (Wildman–Crippen LogP) is 1.77. The Morgan fingerprint density at radius 3 is 2.24 bits per heavy atom. The SMILES string of the molecule is [CH2]CCOCCOCCNC(=O)OC(C)(C)C. The zero-order chi connectivity index (χ0) is 13.1. The maximum Gasteiger partial charge on any atom is 0.407 e. The molecular weight excluding hydrogens is 222 g/mol. The average Bonchev–Trinajstić information content (AvgIpc) is 2.19. The van der Waals surface area contributed by atoms with Crippen LogP contribution < -0.4 is 5.32 Å². The molecule has 1 amide bonds. The van der Waals surface area contributed by atoms with Gasteiger partial charge in [0.25, 0.3) is 0 Å². The molecule has 0 saturated carbocycles. The second-order valence-electron chi connectivity index (χ2n) is 4.51. The van der Waals surface area contributed by atoms with Crippen molar-refractivity contribution in [3.63, 3.8) is 0 Å². The first-order chi connectivity index (χ1) is 7.95. The molecule has 1 radical (unpaired) electrons. The first kappa shape index (κ1) is 16.2. The Morgan fingerprint density at radius 1 is 1.12 bits per heavy atom. The first-order valence-corrected chi connectivity index (χ1v) is 5.87. The zero-order valence-corrected chi connectivity index (χ0v) is 11.1. The van der Waals surface area contributed by atoms with E-state index in [0.717, 1.165) is 6.42 Å². The highest BCUT2D eigenvalue weighted by molar-refractivity contribution is 5.67. The van der Waals surface area contributed by atoms with Crippen molar-refractivity contribution in [1.82, 2.24) is 5.32 Å². The fraction of sp³-hybridized carbons (Fsp3) is 0.833. The molecule has 1 N–H and O–H groups in total. The number of alkyl carbamates (subject to hydrolysis) is 1. The molecule has 0 atom stereocenters. The molecule has 17 heavy (non-hydrogen) atoms. The van der Waals surface area contributed by atoms with E-state index in [1.54, 1.807) is 0 Å². The minimum atomic E-state index is -0.465. The highest BCUT2D eigenvalue weighted by Gasteiger charge is 2.15. The van der Waals surface area contributed by atoms with Gasteiger partial charge in [-0.2, -0.15) is 0 Å². The summed E-state index contributed by atoms with van der Waals surface area (Å²) >= 11 is 0. The van der Waals surface area contributed by atoms with Crippen LogP contribution in [0.15, 0.2) is 0 Å². The number of carbonyl (C=O) groups excluding carboxylic acids is 1. The van der Waals surface area contributed by atoms with E-state index < -0.39 is 11.7 Å². The lowest BCUT2D eigenvalue weighted by Gasteiger charge is -2.19. The van der Waals surface area contributed by atoms with Crippen LogP contribution in [0.5, 0.6) is 0 Å². The van der Waals surface area contributed by atoms with Crippen molar-refractivity contribution in [3.05, 3.63) is 6.92 Å². The van der Waals surface area contributed by atoms with E-state index in [-0.39, 0.29) is 0 Å². The summed E-state index contributed by atoms with van der Waals surface area (Å²) in [5.41, 5.74) is -0.465. The third kappa shape index (κ3) is 13.1. The van der Waals surface area contributed by atoms with Crippen LogP contribution in [0.2, 0.25) is 0 Å². The van der Waals surface area contributed by atoms with Crippen molar-refractivity contribution < 1.29 is 19.0 Å². The fourth-order valence-corrected chi connectivity index (χ4v) is 0.963. The van der Waals surface area contributed by atoms with E-state index in [4.69, 9.17) is 14.2 Å². The Morgan fingerprint density at radius 2 is 1.71 bits per heavy atom. The molecule has 0 aromatic heterocycles. The topological polar surface area (TPSA) is 56.8 Å². The average molecular weight is 246 g/mol. The number of amides is 1. The summed E-state index contributed by atoms with van der Waals surface area (Å²) in [7, 11) is 0. The second-order valence-corrected chi connectivity index (χ2v) is 4.51. The Hall–Kier alpha value is -0.810. The minimum Gasteiger partial charge on any atom is -0.444 e. The number of hydrogen-bond donors (Lipinski definition) is 1. The number of carbonyl (C=O) groups is 1. The molecule has 0 rings (SSSR count). The lowest BCUT2D eigenvalue weighted by atomic mass is 10.2. The fourth-order valence-electron chi connectivity index (χ4n) is 0.963. The van der Waals surface area contributed by atoms with Gasteiger partial charge in [0.2, 0.25) is 0 Å². The maximum absolute atomic E-state index is 11.2. The van der Waals surface area contributed by atoms with Gasteiger partial charge in [0.1, 0.15) is 5.60 Å². The van der Waals surface area contributed by atoms with Crippen molar-refractivity contribution in [2.45, 2.75) is 32.8 Å². The van der Waals surface area contributed by atoms with Crippen molar-refractivity contribution in [1.29, 1.82) is 0 Å². The quantitative estimate of drug-likeness (QED) is 0.663. The van der Waals surface area contributed by atoms with Crippen LogP contribution in [0.25, 0.3) is 0 Å². The molecule has 0 aliphatic carbocycles. The Labute approximate surface area is 104 Å². The molecule has 0 aliphatic rings. The monoisotopic (exact) mass is 246 g/mol. The van der Waals surface area contributed by atoms with Gasteiger partial charge in [-0.05, 0) is 27.2 Å². The van der Waals surface area contributed by atoms with E-state index >= 15 is 0 Å². The second kappa shape index (κ2) is 9.24. The van der Waals surface area contributed by atoms with Gasteiger partial charge in [-0.25, -0.2) is 4.79 Å². The van der Waals surface area contributed by atoms with Crippen molar-refractivity contribution in [2.24, 2.45) is 0 Å². The molecule has 0 aromatic rings. The van der Waals surface area contributed by atoms with Gasteiger partial charge in [0.15, 0.2) is 0 Å². The van der Waals surface area contributed by atoms with E-state index in [0.29, 0.717) is 33.0 Å². The molecule has 0 aromatic carbocycles. The zero-order valence-electron chi connectivity index (χ0n) is 11.1. The summed E-state index contributed by atoms with van der Waals surface area (Å²) in [5, 5.41) is 2.60. The van der Waals surface area contributed by atoms with Crippen LogP contribution in [0.4, 0.5) is 4.79 Å². The molecule has 0 unspecified atom stereocenters. The van der Waals surface area contributed by atoms with Crippen LogP contribution in [0.1, 0.15) is 27.2 Å². The molecular formula is C12H24NO4. The summed E-state index contributed by atoms with van der Waals surface area (Å²) < 4.78 is 15.5. The molecule has 0 bridgehead atoms. The third-order valence-electron chi connectivity index (χ3n) is 1.58. The summed E-state index contributed by atoms with van der Waals surface area (Å²) in [6.07, 6.45) is 0.342. The number of hydrogen-bond acceptors (Lipinski definition) is 4. The summed E-state index contributed by atoms with van der Waals surface area (Å²) in [6, 6.07) is 0. The van der Waals surface area contributed by atoms with E-state index in [9.17, 15) is 4.79 Å². The lowest BCUT2D eigenvalue weighted by Crippen LogP contribution is -2.34. The van der Waals surface area contributed by atoms with Gasteiger partial charge in [-0.3, -0.25) is 0 Å². The Kier molecular flexibility index (Phi) is 8.80. The van der Waals surface area contributed by atoms with Gasteiger partial charge in [-0.15, -0.1) is 0 Å². The van der Waals surface area contributed by atoms with Crippen LogP contribution in [0.3, 0.4) is 0 Å². The first-order valence-electron chi connectivity index (χ1n) is 5.87. The van der Waals surface area contributed by atoms with E-state index in [2.05, 4.69) is 12.2 Å². The maximum atomic E-state index is 11.2. The summed E-state index contributed by atoms with van der Waals surface area (Å²) in [5.74, 6) is 0. The lowest BCUT2D eigenvalue weighted by molar-refractivity contribution is 0.0405. The molecule has 0 fully saturated rings. The van der Waals surface area contributed by atoms with Gasteiger partial charge >= 0.3 is 6.09 Å². The van der Waals surface area contributed by atoms with Crippen LogP contribution in [-0.4, -0.2) is 44.7 Å². The normalized spacial score (nSPS) is 11.3. The number of nitrogens with one attached hydrogen (secondary N) is 1. The molecule has 0 aliphatic heterocycles. The smallest absolute Gasteiger partial charge is 0.407 e. The Bertz CT molecular complexity index is 201. The van der Waals surface area contributed by atoms with Crippen molar-refractivity contribution >= 4 is 6.09 Å². The van der Waals surface area contributed by atoms with Crippen LogP contribution in [-0.2, 0) is 14.2 Å². The summed E-state index contributed by atoms with van der Waals surface area (Å²) in [6.45, 7) is 11.7. The van der Waals surface area contributed by atoms with Gasteiger partial charge in [0.05, 0.1) is 19.8 Å². The van der Waals surface area contributed by atoms with Crippen molar-refractivity contribution in [2.75, 3.05) is 33.0 Å². The molecule has 0 spiro atoms. The summed E-state index contributed by atoms with van der Waals surface area (Å²) in [4.78, 5) is 11.2. The highest BCUT2D eigenvalue weighted by atomic mass is 16.6. The molecule has 0 saturated heterocycles. The molecule has 5 nitrogen and oxygen atoms in total. The molecule has 5 heteroatoms. The third-order valence-corrected chi connectivity index (χ3v) is 1.58. The van der Waals surface area contributed by atoms with Crippen LogP contribution >= 0.6 is 0 Å². The number of rotatable bonds is 8. The van der Waals surface area contributed by atoms with Gasteiger partial charge in [-0.1, -0.05) is 6.92 Å². The standard InChI is InChI=1S/C12H24NO4/c1-5-7-15-9-10-16-8-6-13-11(14)17-12(2,3)4/h1,5-10H2,2-4H3,(H,13,14). The van der Waals surface area contributed by atoms with Gasteiger partial charge < -0.3 is 19.5 Å². The Balaban J connectivity index is 3.25. The highest BCUT2D eigenvalue weighted by Crippen LogP contribution is 2.05. The van der Waals surface area contributed by atoms with Crippen molar-refractivity contribution in [3.8, 4) is 0 Å². The van der Waals surface area contributed by atoms with E-state index in [1.165, 1.54) is 0 Å². The molecule has 0 heterocycles. The van der Waals surface area contributed by atoms with Crippen LogP contribution in [0, 0.1) is 6.92 Å². The number of ether oxygens (including phenoxy) is 3. The molecule has 101 valence electrons. The largest absolute Gasteiger partial charge is 0.444 e. The predicted molar refractivity (Wildman–Crippen MR) is 65.8 cm³/mol. The minimum absolute atomic E-state index is 0.422.